The molecule has 36 heavy (non-hydrogen) atoms. The highest BCUT2D eigenvalue weighted by atomic mass is 32.1. The van der Waals surface area contributed by atoms with Crippen molar-refractivity contribution in [3.63, 3.8) is 0 Å². The molecule has 12 heteroatoms. The van der Waals surface area contributed by atoms with Crippen molar-refractivity contribution in [3.8, 4) is 0 Å². The van der Waals surface area contributed by atoms with Gasteiger partial charge in [-0.25, -0.2) is 4.39 Å². The van der Waals surface area contributed by atoms with E-state index in [-0.39, 0.29) is 24.2 Å². The molecule has 0 radical (unpaired) electrons. The fourth-order valence-corrected chi connectivity index (χ4v) is 5.78. The molecule has 4 rings (SSSR count). The Morgan fingerprint density at radius 2 is 1.94 bits per heavy atom. The monoisotopic (exact) mass is 528 g/mol. The Bertz CT molecular complexity index is 1090. The number of carbonyl (C=O) groups is 2. The molecule has 1 aliphatic heterocycles. The summed E-state index contributed by atoms with van der Waals surface area (Å²) in [7, 11) is 0. The molecule has 1 saturated carbocycles. The molecule has 7 nitrogen and oxygen atoms in total. The Balaban J connectivity index is 1.21. The van der Waals surface area contributed by atoms with Gasteiger partial charge in [0, 0.05) is 30.7 Å². The van der Waals surface area contributed by atoms with Crippen LogP contribution in [0.3, 0.4) is 0 Å². The van der Waals surface area contributed by atoms with Crippen molar-refractivity contribution in [1.82, 2.24) is 19.9 Å². The van der Waals surface area contributed by atoms with Crippen LogP contribution in [-0.4, -0.2) is 57.9 Å². The fraction of sp³-hybridized carbons (Fsp3) is 0.542. The zero-order valence-corrected chi connectivity index (χ0v) is 20.3. The van der Waals surface area contributed by atoms with Gasteiger partial charge in [0.2, 0.25) is 5.91 Å². The second kappa shape index (κ2) is 10.8. The second-order valence-electron chi connectivity index (χ2n) is 9.39. The summed E-state index contributed by atoms with van der Waals surface area (Å²) < 4.78 is 55.4. The molecular weight excluding hydrogens is 500 g/mol. The highest BCUT2D eigenvalue weighted by Gasteiger charge is 2.39. The van der Waals surface area contributed by atoms with Crippen LogP contribution in [-0.2, 0) is 23.2 Å². The number of benzene rings is 1. The van der Waals surface area contributed by atoms with Crippen molar-refractivity contribution < 1.29 is 32.3 Å². The molecule has 0 spiro atoms. The van der Waals surface area contributed by atoms with E-state index in [0.29, 0.717) is 30.0 Å². The lowest BCUT2D eigenvalue weighted by atomic mass is 9.80. The van der Waals surface area contributed by atoms with Crippen molar-refractivity contribution in [3.05, 3.63) is 52.0 Å². The highest BCUT2D eigenvalue weighted by molar-refractivity contribution is 7.06. The van der Waals surface area contributed by atoms with Crippen LogP contribution in [0.4, 0.5) is 17.6 Å². The number of hydrogen-bond donors (Lipinski definition) is 3. The van der Waals surface area contributed by atoms with Gasteiger partial charge in [0.15, 0.2) is 0 Å². The molecule has 2 aromatic rings. The maximum atomic E-state index is 12.8. The summed E-state index contributed by atoms with van der Waals surface area (Å²) in [5, 5.41) is 16.3. The number of nitrogens with zero attached hydrogens (tertiary/aromatic N) is 2. The summed E-state index contributed by atoms with van der Waals surface area (Å²) in [6.07, 6.45) is -1.16. The van der Waals surface area contributed by atoms with Gasteiger partial charge in [-0.1, -0.05) is 6.07 Å². The van der Waals surface area contributed by atoms with Gasteiger partial charge in [0.1, 0.15) is 12.3 Å². The summed E-state index contributed by atoms with van der Waals surface area (Å²) >= 11 is 1.15. The first-order valence-corrected chi connectivity index (χ1v) is 12.6. The van der Waals surface area contributed by atoms with Gasteiger partial charge in [-0.05, 0) is 67.9 Å². The average Bonchev–Trinajstić information content (AvgIpc) is 3.53. The highest BCUT2D eigenvalue weighted by Crippen LogP contribution is 2.41. The van der Waals surface area contributed by atoms with E-state index in [4.69, 9.17) is 0 Å². The van der Waals surface area contributed by atoms with Crippen LogP contribution >= 0.6 is 11.5 Å². The number of rotatable bonds is 7. The topological polar surface area (TPSA) is 94.6 Å². The van der Waals surface area contributed by atoms with Gasteiger partial charge >= 0.3 is 6.18 Å². The quantitative estimate of drug-likeness (QED) is 0.479. The zero-order chi connectivity index (χ0) is 25.9. The van der Waals surface area contributed by atoms with Crippen LogP contribution in [0.25, 0.3) is 0 Å². The standard InChI is InChI=1S/C24H28F4N4O3S/c25-12-18-11-20(36-31-18)23(35)7-4-19(5-8-23)32-9-6-17(14-32)30-21(33)13-29-22(34)15-2-1-3-16(10-15)24(26,27)28/h1-3,10-11,17,19,35H,4-9,12-14H2,(H,29,34)(H,30,33). The van der Waals surface area contributed by atoms with E-state index >= 15 is 0 Å². The van der Waals surface area contributed by atoms with Crippen LogP contribution in [0.2, 0.25) is 0 Å². The number of nitrogens with one attached hydrogen (secondary N) is 2. The molecular formula is C24H28F4N4O3S. The molecule has 196 valence electrons. The predicted octanol–water partition coefficient (Wildman–Crippen LogP) is 3.38. The van der Waals surface area contributed by atoms with Crippen molar-refractivity contribution in [2.75, 3.05) is 19.6 Å². The summed E-state index contributed by atoms with van der Waals surface area (Å²) in [4.78, 5) is 27.5. The number of amides is 2. The van der Waals surface area contributed by atoms with Crippen LogP contribution < -0.4 is 10.6 Å². The van der Waals surface area contributed by atoms with Gasteiger partial charge in [-0.2, -0.15) is 17.5 Å². The van der Waals surface area contributed by atoms with Crippen molar-refractivity contribution >= 4 is 23.3 Å². The van der Waals surface area contributed by atoms with E-state index in [9.17, 15) is 32.3 Å². The number of aliphatic hydroxyl groups is 1. The van der Waals surface area contributed by atoms with Crippen LogP contribution in [0.1, 0.15) is 58.6 Å². The Kier molecular flexibility index (Phi) is 7.96. The summed E-state index contributed by atoms with van der Waals surface area (Å²) in [6, 6.07) is 5.84. The molecule has 3 N–H and O–H groups in total. The molecule has 2 aliphatic rings. The maximum Gasteiger partial charge on any atom is 0.416 e. The zero-order valence-electron chi connectivity index (χ0n) is 19.5. The third-order valence-electron chi connectivity index (χ3n) is 6.90. The fourth-order valence-electron chi connectivity index (χ4n) is 4.90. The molecule has 2 amide bonds. The Labute approximate surface area is 210 Å². The molecule has 1 aliphatic carbocycles. The Morgan fingerprint density at radius 3 is 2.61 bits per heavy atom. The molecule has 1 unspecified atom stereocenters. The van der Waals surface area contributed by atoms with Crippen molar-refractivity contribution in [1.29, 1.82) is 0 Å². The number of likely N-dealkylation sites (tertiary alicyclic amines) is 1. The third-order valence-corrected chi connectivity index (χ3v) is 7.92. The number of hydrogen-bond acceptors (Lipinski definition) is 6. The average molecular weight is 529 g/mol. The Morgan fingerprint density at radius 1 is 1.19 bits per heavy atom. The van der Waals surface area contributed by atoms with E-state index in [0.717, 1.165) is 55.5 Å². The minimum absolute atomic E-state index is 0.0997. The number of aromatic nitrogens is 1. The van der Waals surface area contributed by atoms with E-state index in [2.05, 4.69) is 19.9 Å². The molecule has 2 heterocycles. The molecule has 0 bridgehead atoms. The van der Waals surface area contributed by atoms with Crippen molar-refractivity contribution in [2.45, 2.75) is 62.6 Å². The number of alkyl halides is 4. The first kappa shape index (κ1) is 26.5. The number of carbonyl (C=O) groups excluding carboxylic acids is 2. The second-order valence-corrected chi connectivity index (χ2v) is 10.2. The third kappa shape index (κ3) is 6.22. The number of halogens is 4. The van der Waals surface area contributed by atoms with Crippen LogP contribution in [0.5, 0.6) is 0 Å². The minimum atomic E-state index is -4.56. The van der Waals surface area contributed by atoms with Gasteiger partial charge < -0.3 is 15.7 Å². The lowest BCUT2D eigenvalue weighted by Crippen LogP contribution is -2.45. The summed E-state index contributed by atoms with van der Waals surface area (Å²) in [5.74, 6) is -1.16. The van der Waals surface area contributed by atoms with Crippen molar-refractivity contribution in [2.24, 2.45) is 0 Å². The molecule has 1 saturated heterocycles. The lowest BCUT2D eigenvalue weighted by Gasteiger charge is -2.39. The van der Waals surface area contributed by atoms with E-state index in [1.54, 1.807) is 6.07 Å². The summed E-state index contributed by atoms with van der Waals surface area (Å²) in [6.45, 7) is 0.447. The predicted molar refractivity (Wildman–Crippen MR) is 125 cm³/mol. The van der Waals surface area contributed by atoms with Crippen LogP contribution in [0, 0.1) is 0 Å². The van der Waals surface area contributed by atoms with E-state index in [1.807, 2.05) is 0 Å². The molecule has 1 aromatic carbocycles. The smallest absolute Gasteiger partial charge is 0.384 e. The van der Waals surface area contributed by atoms with E-state index < -0.39 is 35.8 Å². The molecule has 2 fully saturated rings. The van der Waals surface area contributed by atoms with Gasteiger partial charge in [-0.15, -0.1) is 0 Å². The maximum absolute atomic E-state index is 12.8. The molecule has 1 aromatic heterocycles. The Hall–Kier alpha value is -2.57. The lowest BCUT2D eigenvalue weighted by molar-refractivity contribution is -0.137. The minimum Gasteiger partial charge on any atom is -0.384 e. The van der Waals surface area contributed by atoms with E-state index in [1.165, 1.54) is 6.07 Å². The SMILES string of the molecule is O=C(CNC(=O)c1cccc(C(F)(F)F)c1)NC1CCN(C2CCC(O)(c3cc(CF)ns3)CC2)C1. The largest absolute Gasteiger partial charge is 0.416 e. The van der Waals surface area contributed by atoms with Gasteiger partial charge in [0.05, 0.1) is 22.7 Å². The summed E-state index contributed by atoms with van der Waals surface area (Å²) in [5.41, 5.74) is -1.73. The first-order chi connectivity index (χ1) is 17.1. The molecule has 1 atom stereocenters. The normalized spacial score (nSPS) is 25.0. The van der Waals surface area contributed by atoms with Crippen LogP contribution in [0.15, 0.2) is 30.3 Å². The first-order valence-electron chi connectivity index (χ1n) is 11.8. The van der Waals surface area contributed by atoms with Gasteiger partial charge in [-0.3, -0.25) is 14.5 Å². The van der Waals surface area contributed by atoms with Gasteiger partial charge in [0.25, 0.3) is 5.91 Å².